The van der Waals surface area contributed by atoms with Gasteiger partial charge in [-0.3, -0.25) is 4.72 Å². The van der Waals surface area contributed by atoms with Gasteiger partial charge in [0.05, 0.1) is 18.6 Å². The molecule has 102 valence electrons. The Morgan fingerprint density at radius 3 is 2.72 bits per heavy atom. The molecule has 0 aliphatic carbocycles. The first-order valence-electron chi connectivity index (χ1n) is 5.43. The van der Waals surface area contributed by atoms with Gasteiger partial charge in [0.25, 0.3) is 0 Å². The second-order valence-electron chi connectivity index (χ2n) is 3.70. The zero-order valence-electron chi connectivity index (χ0n) is 10.0. The Morgan fingerprint density at radius 1 is 1.39 bits per heavy atom. The normalized spacial score (nSPS) is 11.3. The summed E-state index contributed by atoms with van der Waals surface area (Å²) < 4.78 is 31.0. The van der Waals surface area contributed by atoms with Gasteiger partial charge >= 0.3 is 0 Å². The number of rotatable bonds is 7. The number of unbranched alkanes of at least 4 members (excludes halogenated alkanes) is 1. The molecule has 0 aliphatic rings. The van der Waals surface area contributed by atoms with E-state index in [9.17, 15) is 8.42 Å². The van der Waals surface area contributed by atoms with E-state index in [4.69, 9.17) is 21.4 Å². The molecule has 0 radical (unpaired) electrons. The van der Waals surface area contributed by atoms with Crippen LogP contribution in [-0.2, 0) is 10.0 Å². The molecule has 0 fully saturated rings. The molecule has 0 bridgehead atoms. The van der Waals surface area contributed by atoms with Crippen molar-refractivity contribution in [3.63, 3.8) is 0 Å². The molecular formula is C11H16ClNO4S. The van der Waals surface area contributed by atoms with Gasteiger partial charge in [0, 0.05) is 11.6 Å². The molecular weight excluding hydrogens is 278 g/mol. The fourth-order valence-corrected chi connectivity index (χ4v) is 2.74. The standard InChI is InChI=1S/C11H16ClNO4S/c1-17-11-5-4-9(12)8-10(11)13-18(15,16)7-3-2-6-14/h4-5,8,13-14H,2-3,6-7H2,1H3. The number of aliphatic hydroxyl groups is 1. The second kappa shape index (κ2) is 6.82. The van der Waals surface area contributed by atoms with Crippen LogP contribution in [0.5, 0.6) is 5.75 Å². The lowest BCUT2D eigenvalue weighted by Gasteiger charge is -2.11. The fraction of sp³-hybridized carbons (Fsp3) is 0.455. The van der Waals surface area contributed by atoms with Gasteiger partial charge in [0.1, 0.15) is 5.75 Å². The predicted octanol–water partition coefficient (Wildman–Crippen LogP) is 1.86. The Morgan fingerprint density at radius 2 is 2.11 bits per heavy atom. The van der Waals surface area contributed by atoms with Crippen molar-refractivity contribution in [2.24, 2.45) is 0 Å². The monoisotopic (exact) mass is 293 g/mol. The number of nitrogens with one attached hydrogen (secondary N) is 1. The fourth-order valence-electron chi connectivity index (χ4n) is 1.38. The highest BCUT2D eigenvalue weighted by Crippen LogP contribution is 2.28. The number of methoxy groups -OCH3 is 1. The zero-order valence-corrected chi connectivity index (χ0v) is 11.6. The number of benzene rings is 1. The number of hydrogen-bond acceptors (Lipinski definition) is 4. The summed E-state index contributed by atoms with van der Waals surface area (Å²) in [4.78, 5) is 0. The van der Waals surface area contributed by atoms with Crippen LogP contribution in [-0.4, -0.2) is 33.0 Å². The second-order valence-corrected chi connectivity index (χ2v) is 5.97. The van der Waals surface area contributed by atoms with Crippen molar-refractivity contribution in [1.82, 2.24) is 0 Å². The summed E-state index contributed by atoms with van der Waals surface area (Å²) in [6, 6.07) is 4.70. The highest BCUT2D eigenvalue weighted by molar-refractivity contribution is 7.92. The van der Waals surface area contributed by atoms with Crippen LogP contribution in [0.4, 0.5) is 5.69 Å². The Kier molecular flexibility index (Phi) is 5.71. The molecule has 1 aromatic carbocycles. The molecule has 5 nitrogen and oxygen atoms in total. The molecule has 1 rings (SSSR count). The minimum Gasteiger partial charge on any atom is -0.495 e. The van der Waals surface area contributed by atoms with Crippen LogP contribution < -0.4 is 9.46 Å². The first kappa shape index (κ1) is 15.1. The van der Waals surface area contributed by atoms with E-state index in [1.165, 1.54) is 13.2 Å². The molecule has 0 unspecified atom stereocenters. The van der Waals surface area contributed by atoms with Gasteiger partial charge in [0.15, 0.2) is 0 Å². The van der Waals surface area contributed by atoms with E-state index < -0.39 is 10.0 Å². The van der Waals surface area contributed by atoms with Crippen LogP contribution in [0.25, 0.3) is 0 Å². The van der Waals surface area contributed by atoms with Gasteiger partial charge in [-0.2, -0.15) is 0 Å². The third-order valence-electron chi connectivity index (χ3n) is 2.25. The molecule has 0 amide bonds. The molecule has 0 atom stereocenters. The van der Waals surface area contributed by atoms with E-state index >= 15 is 0 Å². The van der Waals surface area contributed by atoms with Gasteiger partial charge in [-0.25, -0.2) is 8.42 Å². The number of sulfonamides is 1. The Hall–Kier alpha value is -0.980. The van der Waals surface area contributed by atoms with Gasteiger partial charge in [-0.15, -0.1) is 0 Å². The Labute approximate surface area is 112 Å². The Balaban J connectivity index is 2.79. The largest absolute Gasteiger partial charge is 0.495 e. The van der Waals surface area contributed by atoms with Crippen molar-refractivity contribution in [2.45, 2.75) is 12.8 Å². The van der Waals surface area contributed by atoms with Crippen LogP contribution >= 0.6 is 11.6 Å². The van der Waals surface area contributed by atoms with Crippen LogP contribution in [0.1, 0.15) is 12.8 Å². The van der Waals surface area contributed by atoms with Gasteiger partial charge < -0.3 is 9.84 Å². The lowest BCUT2D eigenvalue weighted by Crippen LogP contribution is -2.17. The quantitative estimate of drug-likeness (QED) is 0.753. The summed E-state index contributed by atoms with van der Waals surface area (Å²) in [6.45, 7) is -0.0179. The average molecular weight is 294 g/mol. The SMILES string of the molecule is COc1ccc(Cl)cc1NS(=O)(=O)CCCCO. The van der Waals surface area contributed by atoms with E-state index in [0.29, 0.717) is 29.3 Å². The molecule has 0 heterocycles. The summed E-state index contributed by atoms with van der Waals surface area (Å²) >= 11 is 5.81. The molecule has 0 aliphatic heterocycles. The van der Waals surface area contributed by atoms with Crippen molar-refractivity contribution in [1.29, 1.82) is 0 Å². The summed E-state index contributed by atoms with van der Waals surface area (Å²) in [5.41, 5.74) is 0.314. The summed E-state index contributed by atoms with van der Waals surface area (Å²) in [5, 5.41) is 9.04. The van der Waals surface area contributed by atoms with Gasteiger partial charge in [0.2, 0.25) is 10.0 Å². The highest BCUT2D eigenvalue weighted by atomic mass is 35.5. The number of ether oxygens (including phenoxy) is 1. The molecule has 0 spiro atoms. The number of hydrogen-bond donors (Lipinski definition) is 2. The van der Waals surface area contributed by atoms with Crippen LogP contribution in [0.15, 0.2) is 18.2 Å². The number of halogens is 1. The smallest absolute Gasteiger partial charge is 0.232 e. The molecule has 0 saturated heterocycles. The summed E-state index contributed by atoms with van der Waals surface area (Å²) in [5.74, 6) is 0.355. The third-order valence-corrected chi connectivity index (χ3v) is 3.84. The maximum atomic E-state index is 11.8. The van der Waals surface area contributed by atoms with Gasteiger partial charge in [-0.05, 0) is 31.0 Å². The molecule has 7 heteroatoms. The zero-order chi connectivity index (χ0) is 13.6. The van der Waals surface area contributed by atoms with Crippen LogP contribution in [0, 0.1) is 0 Å². The predicted molar refractivity (Wildman–Crippen MR) is 71.7 cm³/mol. The average Bonchev–Trinajstić information content (AvgIpc) is 2.29. The van der Waals surface area contributed by atoms with Crippen molar-refractivity contribution in [2.75, 3.05) is 24.2 Å². The first-order chi connectivity index (χ1) is 8.48. The summed E-state index contributed by atoms with van der Waals surface area (Å²) in [6.07, 6.45) is 0.850. The van der Waals surface area contributed by atoms with Crippen molar-refractivity contribution >= 4 is 27.3 Å². The van der Waals surface area contributed by atoms with E-state index in [1.54, 1.807) is 12.1 Å². The molecule has 1 aromatic rings. The number of anilines is 1. The topological polar surface area (TPSA) is 75.6 Å². The maximum Gasteiger partial charge on any atom is 0.232 e. The van der Waals surface area contributed by atoms with E-state index in [-0.39, 0.29) is 12.4 Å². The lowest BCUT2D eigenvalue weighted by molar-refractivity contribution is 0.287. The molecule has 0 aromatic heterocycles. The van der Waals surface area contributed by atoms with E-state index in [1.807, 2.05) is 0 Å². The van der Waals surface area contributed by atoms with E-state index in [0.717, 1.165) is 0 Å². The molecule has 0 saturated carbocycles. The lowest BCUT2D eigenvalue weighted by atomic mass is 10.3. The first-order valence-corrected chi connectivity index (χ1v) is 7.46. The van der Waals surface area contributed by atoms with Crippen LogP contribution in [0.2, 0.25) is 5.02 Å². The minimum absolute atomic E-state index is 0.0179. The van der Waals surface area contributed by atoms with Crippen LogP contribution in [0.3, 0.4) is 0 Å². The third kappa shape index (κ3) is 4.72. The number of aliphatic hydroxyl groups excluding tert-OH is 1. The maximum absolute atomic E-state index is 11.8. The molecule has 18 heavy (non-hydrogen) atoms. The summed E-state index contributed by atoms with van der Waals surface area (Å²) in [7, 11) is -2.00. The van der Waals surface area contributed by atoms with Crippen molar-refractivity contribution < 1.29 is 18.3 Å². The van der Waals surface area contributed by atoms with E-state index in [2.05, 4.69) is 4.72 Å². The van der Waals surface area contributed by atoms with Crippen molar-refractivity contribution in [3.8, 4) is 5.75 Å². The highest BCUT2D eigenvalue weighted by Gasteiger charge is 2.13. The Bertz CT molecular complexity index is 490. The van der Waals surface area contributed by atoms with Crippen molar-refractivity contribution in [3.05, 3.63) is 23.2 Å². The minimum atomic E-state index is -3.46. The van der Waals surface area contributed by atoms with Gasteiger partial charge in [-0.1, -0.05) is 11.6 Å². The molecule has 2 N–H and O–H groups in total.